The molecule has 110 valence electrons. The molecule has 1 N–H and O–H groups in total. The van der Waals surface area contributed by atoms with Gasteiger partial charge in [-0.05, 0) is 18.1 Å². The Morgan fingerprint density at radius 2 is 2.10 bits per heavy atom. The van der Waals surface area contributed by atoms with E-state index in [-0.39, 0.29) is 11.8 Å². The average Bonchev–Trinajstić information content (AvgIpc) is 2.36. The minimum absolute atomic E-state index is 0.00220. The zero-order valence-electron chi connectivity index (χ0n) is 11.8. The molecular weight excluding hydrogens is 278 g/mol. The van der Waals surface area contributed by atoms with Gasteiger partial charge in [0, 0.05) is 0 Å². The summed E-state index contributed by atoms with van der Waals surface area (Å²) in [6.45, 7) is 5.04. The molecule has 1 aliphatic heterocycles. The number of nitrogens with zero attached hydrogens (tertiary/aromatic N) is 1. The Hall–Kier alpha value is -1.26. The summed E-state index contributed by atoms with van der Waals surface area (Å²) in [6, 6.07) is 7.18. The number of amides is 1. The van der Waals surface area contributed by atoms with Crippen LogP contribution in [0.2, 0.25) is 5.02 Å². The molecule has 20 heavy (non-hydrogen) atoms. The van der Waals surface area contributed by atoms with Gasteiger partial charge in [0.15, 0.2) is 0 Å². The second kappa shape index (κ2) is 6.02. The molecule has 0 spiro atoms. The fourth-order valence-electron chi connectivity index (χ4n) is 2.12. The van der Waals surface area contributed by atoms with Crippen molar-refractivity contribution in [1.82, 2.24) is 4.90 Å². The highest BCUT2D eigenvalue weighted by Crippen LogP contribution is 2.29. The predicted molar refractivity (Wildman–Crippen MR) is 77.9 cm³/mol. The van der Waals surface area contributed by atoms with Crippen molar-refractivity contribution in [3.05, 3.63) is 29.3 Å². The molecule has 1 heterocycles. The van der Waals surface area contributed by atoms with Crippen LogP contribution in [0.5, 0.6) is 5.75 Å². The molecule has 0 radical (unpaired) electrons. The van der Waals surface area contributed by atoms with Gasteiger partial charge < -0.3 is 14.7 Å². The first kappa shape index (κ1) is 15.1. The molecule has 0 saturated carbocycles. The average molecular weight is 298 g/mol. The van der Waals surface area contributed by atoms with Crippen molar-refractivity contribution in [2.45, 2.75) is 25.9 Å². The summed E-state index contributed by atoms with van der Waals surface area (Å²) in [4.78, 5) is 13.6. The Kier molecular flexibility index (Phi) is 4.55. The highest BCUT2D eigenvalue weighted by molar-refractivity contribution is 6.32. The quantitative estimate of drug-likeness (QED) is 0.907. The number of rotatable bonds is 5. The molecule has 0 atom stereocenters. The van der Waals surface area contributed by atoms with Crippen LogP contribution in [-0.4, -0.2) is 41.2 Å². The first-order chi connectivity index (χ1) is 9.42. The van der Waals surface area contributed by atoms with Gasteiger partial charge in [-0.1, -0.05) is 37.6 Å². The predicted octanol–water partition coefficient (Wildman–Crippen LogP) is 2.34. The highest BCUT2D eigenvalue weighted by Gasteiger charge is 2.45. The molecule has 1 amide bonds. The van der Waals surface area contributed by atoms with E-state index in [1.165, 1.54) is 0 Å². The van der Waals surface area contributed by atoms with Crippen LogP contribution in [0, 0.1) is 5.92 Å². The summed E-state index contributed by atoms with van der Waals surface area (Å²) in [5, 5.41) is 10.6. The lowest BCUT2D eigenvalue weighted by Crippen LogP contribution is -2.66. The molecule has 5 heteroatoms. The second-order valence-electron chi connectivity index (χ2n) is 5.54. The standard InChI is InChI=1S/C15H20ClNO3/c1-11(2)15(19)9-17(10-15)14(18)7-8-20-13-6-4-3-5-12(13)16/h3-6,11,19H,7-10H2,1-2H3. The summed E-state index contributed by atoms with van der Waals surface area (Å²) in [5.74, 6) is 0.748. The number of ether oxygens (including phenoxy) is 1. The SMILES string of the molecule is CC(C)C1(O)CN(C(=O)CCOc2ccccc2Cl)C1. The smallest absolute Gasteiger partial charge is 0.226 e. The topological polar surface area (TPSA) is 49.8 Å². The van der Waals surface area contributed by atoms with Gasteiger partial charge in [-0.3, -0.25) is 4.79 Å². The number of para-hydroxylation sites is 1. The van der Waals surface area contributed by atoms with Crippen LogP contribution in [0.1, 0.15) is 20.3 Å². The zero-order chi connectivity index (χ0) is 14.8. The molecule has 0 bridgehead atoms. The number of hydrogen-bond acceptors (Lipinski definition) is 3. The van der Waals surface area contributed by atoms with E-state index in [9.17, 15) is 9.90 Å². The maximum absolute atomic E-state index is 11.9. The monoisotopic (exact) mass is 297 g/mol. The summed E-state index contributed by atoms with van der Waals surface area (Å²) in [6.07, 6.45) is 0.291. The van der Waals surface area contributed by atoms with Crippen LogP contribution >= 0.6 is 11.6 Å². The number of aliphatic hydroxyl groups is 1. The van der Waals surface area contributed by atoms with Crippen LogP contribution in [0.4, 0.5) is 0 Å². The number of likely N-dealkylation sites (tertiary alicyclic amines) is 1. The van der Waals surface area contributed by atoms with Gasteiger partial charge in [-0.2, -0.15) is 0 Å². The molecule has 1 fully saturated rings. The van der Waals surface area contributed by atoms with Crippen LogP contribution in [-0.2, 0) is 4.79 Å². The van der Waals surface area contributed by atoms with Gasteiger partial charge in [-0.25, -0.2) is 0 Å². The lowest BCUT2D eigenvalue weighted by molar-refractivity contribution is -0.164. The number of β-amino-alcohol motifs (C(OH)–C–C–N with tert-alkyl or cyclic N) is 1. The van der Waals surface area contributed by atoms with Gasteiger partial charge in [0.05, 0.1) is 31.1 Å². The lowest BCUT2D eigenvalue weighted by atomic mass is 9.83. The van der Waals surface area contributed by atoms with Crippen molar-refractivity contribution in [3.63, 3.8) is 0 Å². The molecule has 1 aliphatic rings. The van der Waals surface area contributed by atoms with Crippen molar-refractivity contribution in [1.29, 1.82) is 0 Å². The number of carbonyl (C=O) groups excluding carboxylic acids is 1. The van der Waals surface area contributed by atoms with E-state index in [0.29, 0.717) is 36.9 Å². The maximum Gasteiger partial charge on any atom is 0.226 e. The molecular formula is C15H20ClNO3. The Morgan fingerprint density at radius 3 is 2.70 bits per heavy atom. The van der Waals surface area contributed by atoms with Crippen LogP contribution < -0.4 is 4.74 Å². The van der Waals surface area contributed by atoms with Gasteiger partial charge >= 0.3 is 0 Å². The van der Waals surface area contributed by atoms with Crippen molar-refractivity contribution < 1.29 is 14.6 Å². The van der Waals surface area contributed by atoms with E-state index in [4.69, 9.17) is 16.3 Å². The Bertz CT molecular complexity index is 484. The van der Waals surface area contributed by atoms with Crippen LogP contribution in [0.15, 0.2) is 24.3 Å². The van der Waals surface area contributed by atoms with E-state index < -0.39 is 5.60 Å². The van der Waals surface area contributed by atoms with Crippen molar-refractivity contribution in [2.24, 2.45) is 5.92 Å². The largest absolute Gasteiger partial charge is 0.491 e. The first-order valence-corrected chi connectivity index (χ1v) is 7.17. The molecule has 4 nitrogen and oxygen atoms in total. The van der Waals surface area contributed by atoms with E-state index >= 15 is 0 Å². The summed E-state index contributed by atoms with van der Waals surface area (Å²) < 4.78 is 5.48. The lowest BCUT2D eigenvalue weighted by Gasteiger charge is -2.49. The molecule has 1 saturated heterocycles. The van der Waals surface area contributed by atoms with Crippen molar-refractivity contribution >= 4 is 17.5 Å². The Labute approximate surface area is 124 Å². The molecule has 0 aromatic heterocycles. The van der Waals surface area contributed by atoms with E-state index in [2.05, 4.69) is 0 Å². The number of halogens is 1. The molecule has 1 aromatic rings. The number of benzene rings is 1. The summed E-state index contributed by atoms with van der Waals surface area (Å²) in [7, 11) is 0. The van der Waals surface area contributed by atoms with Crippen LogP contribution in [0.25, 0.3) is 0 Å². The van der Waals surface area contributed by atoms with Crippen molar-refractivity contribution in [3.8, 4) is 5.75 Å². The molecule has 1 aromatic carbocycles. The summed E-state index contributed by atoms with van der Waals surface area (Å²) >= 11 is 5.96. The highest BCUT2D eigenvalue weighted by atomic mass is 35.5. The maximum atomic E-state index is 11.9. The Balaban J connectivity index is 1.74. The van der Waals surface area contributed by atoms with Gasteiger partial charge in [-0.15, -0.1) is 0 Å². The summed E-state index contributed by atoms with van der Waals surface area (Å²) in [5.41, 5.74) is -0.723. The van der Waals surface area contributed by atoms with Crippen LogP contribution in [0.3, 0.4) is 0 Å². The van der Waals surface area contributed by atoms with E-state index in [0.717, 1.165) is 0 Å². The molecule has 2 rings (SSSR count). The van der Waals surface area contributed by atoms with E-state index in [1.54, 1.807) is 17.0 Å². The van der Waals surface area contributed by atoms with Gasteiger partial charge in [0.2, 0.25) is 5.91 Å². The minimum Gasteiger partial charge on any atom is -0.491 e. The first-order valence-electron chi connectivity index (χ1n) is 6.80. The molecule has 0 unspecified atom stereocenters. The van der Waals surface area contributed by atoms with E-state index in [1.807, 2.05) is 26.0 Å². The second-order valence-corrected chi connectivity index (χ2v) is 5.94. The van der Waals surface area contributed by atoms with Gasteiger partial charge in [0.1, 0.15) is 11.4 Å². The third-order valence-electron chi connectivity index (χ3n) is 3.77. The fraction of sp³-hybridized carbons (Fsp3) is 0.533. The number of carbonyl (C=O) groups is 1. The molecule has 0 aliphatic carbocycles. The third kappa shape index (κ3) is 3.25. The number of hydrogen-bond donors (Lipinski definition) is 1. The van der Waals surface area contributed by atoms with Crippen molar-refractivity contribution in [2.75, 3.05) is 19.7 Å². The normalized spacial score (nSPS) is 16.9. The third-order valence-corrected chi connectivity index (χ3v) is 4.08. The van der Waals surface area contributed by atoms with Gasteiger partial charge in [0.25, 0.3) is 0 Å². The fourth-order valence-corrected chi connectivity index (χ4v) is 2.31. The minimum atomic E-state index is -0.723. The Morgan fingerprint density at radius 1 is 1.45 bits per heavy atom. The zero-order valence-corrected chi connectivity index (χ0v) is 12.6.